The van der Waals surface area contributed by atoms with E-state index in [1.807, 2.05) is 11.8 Å². The predicted molar refractivity (Wildman–Crippen MR) is 52.9 cm³/mol. The van der Waals surface area contributed by atoms with Crippen LogP contribution >= 0.6 is 0 Å². The lowest BCUT2D eigenvalue weighted by Crippen LogP contribution is -2.34. The van der Waals surface area contributed by atoms with E-state index in [0.717, 1.165) is 26.2 Å². The summed E-state index contributed by atoms with van der Waals surface area (Å²) in [4.78, 5) is 13.6. The van der Waals surface area contributed by atoms with Gasteiger partial charge in [0.2, 0.25) is 5.91 Å². The van der Waals surface area contributed by atoms with Gasteiger partial charge in [0.1, 0.15) is 6.61 Å². The minimum Gasteiger partial charge on any atom is -0.372 e. The molecule has 1 N–H and O–H groups in total. The second kappa shape index (κ2) is 4.28. The van der Waals surface area contributed by atoms with Crippen LogP contribution in [0.15, 0.2) is 0 Å². The number of amides is 1. The maximum absolute atomic E-state index is 11.6. The van der Waals surface area contributed by atoms with E-state index in [4.69, 9.17) is 4.74 Å². The van der Waals surface area contributed by atoms with Gasteiger partial charge in [0.05, 0.1) is 0 Å². The van der Waals surface area contributed by atoms with Crippen molar-refractivity contribution in [1.82, 2.24) is 10.2 Å². The zero-order valence-electron chi connectivity index (χ0n) is 8.66. The highest BCUT2D eigenvalue weighted by Crippen LogP contribution is 2.26. The smallest absolute Gasteiger partial charge is 0.248 e. The summed E-state index contributed by atoms with van der Waals surface area (Å²) in [6.07, 6.45) is 0. The van der Waals surface area contributed by atoms with Gasteiger partial charge in [-0.3, -0.25) is 4.79 Å². The minimum absolute atomic E-state index is 0.154. The molecular weight excluding hydrogens is 180 g/mol. The van der Waals surface area contributed by atoms with Crippen molar-refractivity contribution in [3.8, 4) is 0 Å². The number of nitrogens with zero attached hydrogens (tertiary/aromatic N) is 1. The van der Waals surface area contributed by atoms with E-state index in [2.05, 4.69) is 5.32 Å². The van der Waals surface area contributed by atoms with Gasteiger partial charge in [-0.2, -0.15) is 0 Å². The molecule has 0 saturated carbocycles. The Kier molecular flexibility index (Phi) is 3.03. The first kappa shape index (κ1) is 9.93. The van der Waals surface area contributed by atoms with Crippen molar-refractivity contribution >= 4 is 5.91 Å². The van der Waals surface area contributed by atoms with Crippen molar-refractivity contribution in [1.29, 1.82) is 0 Å². The summed E-state index contributed by atoms with van der Waals surface area (Å²) in [6.45, 7) is 6.77. The van der Waals surface area contributed by atoms with Crippen LogP contribution < -0.4 is 5.32 Å². The molecule has 0 spiro atoms. The molecule has 2 rings (SSSR count). The summed E-state index contributed by atoms with van der Waals surface area (Å²) in [5.74, 6) is 1.52. The highest BCUT2D eigenvalue weighted by molar-refractivity contribution is 5.77. The van der Waals surface area contributed by atoms with Crippen LogP contribution in [0.1, 0.15) is 6.92 Å². The van der Waals surface area contributed by atoms with Gasteiger partial charge in [-0.25, -0.2) is 0 Å². The Labute approximate surface area is 84.6 Å². The van der Waals surface area contributed by atoms with Gasteiger partial charge in [0, 0.05) is 32.8 Å². The second-order valence-electron chi connectivity index (χ2n) is 4.11. The molecule has 14 heavy (non-hydrogen) atoms. The van der Waals surface area contributed by atoms with Crippen LogP contribution in [-0.4, -0.2) is 50.2 Å². The summed E-state index contributed by atoms with van der Waals surface area (Å²) in [7, 11) is 0. The van der Waals surface area contributed by atoms with Crippen LogP contribution in [0.4, 0.5) is 0 Å². The summed E-state index contributed by atoms with van der Waals surface area (Å²) in [6, 6.07) is 0. The molecule has 2 aliphatic rings. The van der Waals surface area contributed by atoms with E-state index in [0.29, 0.717) is 18.4 Å². The van der Waals surface area contributed by atoms with Crippen molar-refractivity contribution in [3.05, 3.63) is 0 Å². The lowest BCUT2D eigenvalue weighted by Gasteiger charge is -2.17. The third-order valence-electron chi connectivity index (χ3n) is 3.17. The zero-order chi connectivity index (χ0) is 9.97. The number of fused-ring (bicyclic) bond motifs is 1. The number of likely N-dealkylation sites (tertiary alicyclic amines) is 1. The monoisotopic (exact) mass is 198 g/mol. The van der Waals surface area contributed by atoms with Gasteiger partial charge in [0.15, 0.2) is 0 Å². The Hall–Kier alpha value is -0.610. The first-order valence-electron chi connectivity index (χ1n) is 5.37. The first-order chi connectivity index (χ1) is 6.81. The molecule has 2 heterocycles. The standard InChI is InChI=1S/C10H18N2O2/c1-2-14-7-10(13)12-5-8-3-11-4-9(8)6-12/h8-9,11H,2-7H2,1H3. The van der Waals surface area contributed by atoms with E-state index < -0.39 is 0 Å². The maximum Gasteiger partial charge on any atom is 0.248 e. The zero-order valence-corrected chi connectivity index (χ0v) is 8.66. The lowest BCUT2D eigenvalue weighted by atomic mass is 10.0. The number of nitrogens with one attached hydrogen (secondary N) is 1. The highest BCUT2D eigenvalue weighted by Gasteiger charge is 2.37. The van der Waals surface area contributed by atoms with Crippen LogP contribution in [0.5, 0.6) is 0 Å². The quantitative estimate of drug-likeness (QED) is 0.677. The SMILES string of the molecule is CCOCC(=O)N1CC2CNCC2C1. The van der Waals surface area contributed by atoms with Crippen molar-refractivity contribution in [3.63, 3.8) is 0 Å². The van der Waals surface area contributed by atoms with Gasteiger partial charge in [-0.05, 0) is 18.8 Å². The van der Waals surface area contributed by atoms with Crippen LogP contribution in [0.2, 0.25) is 0 Å². The largest absolute Gasteiger partial charge is 0.372 e. The summed E-state index contributed by atoms with van der Waals surface area (Å²) >= 11 is 0. The average molecular weight is 198 g/mol. The molecule has 2 fully saturated rings. The fourth-order valence-electron chi connectivity index (χ4n) is 2.34. The van der Waals surface area contributed by atoms with Crippen molar-refractivity contribution in [2.24, 2.45) is 11.8 Å². The van der Waals surface area contributed by atoms with E-state index in [1.165, 1.54) is 0 Å². The number of hydrogen-bond donors (Lipinski definition) is 1. The number of hydrogen-bond acceptors (Lipinski definition) is 3. The molecule has 0 aliphatic carbocycles. The fraction of sp³-hybridized carbons (Fsp3) is 0.900. The average Bonchev–Trinajstić information content (AvgIpc) is 2.72. The third kappa shape index (κ3) is 1.91. The topological polar surface area (TPSA) is 41.6 Å². The molecule has 2 aliphatic heterocycles. The minimum atomic E-state index is 0.154. The van der Waals surface area contributed by atoms with Gasteiger partial charge >= 0.3 is 0 Å². The number of carbonyl (C=O) groups excluding carboxylic acids is 1. The maximum atomic E-state index is 11.6. The van der Waals surface area contributed by atoms with Gasteiger partial charge in [-0.1, -0.05) is 0 Å². The van der Waals surface area contributed by atoms with Crippen LogP contribution in [0.3, 0.4) is 0 Å². The molecule has 2 saturated heterocycles. The van der Waals surface area contributed by atoms with Gasteiger partial charge in [0.25, 0.3) is 0 Å². The first-order valence-corrected chi connectivity index (χ1v) is 5.37. The molecule has 0 aromatic rings. The molecule has 4 nitrogen and oxygen atoms in total. The number of ether oxygens (including phenoxy) is 1. The molecule has 0 aromatic carbocycles. The van der Waals surface area contributed by atoms with Crippen LogP contribution in [0, 0.1) is 11.8 Å². The molecule has 0 bridgehead atoms. The normalized spacial score (nSPS) is 30.8. The van der Waals surface area contributed by atoms with Crippen molar-refractivity contribution in [2.75, 3.05) is 39.4 Å². The molecule has 0 radical (unpaired) electrons. The molecule has 80 valence electrons. The van der Waals surface area contributed by atoms with Crippen LogP contribution in [-0.2, 0) is 9.53 Å². The molecule has 4 heteroatoms. The Bertz CT molecular complexity index is 208. The summed E-state index contributed by atoms with van der Waals surface area (Å²) in [5, 5.41) is 3.36. The van der Waals surface area contributed by atoms with E-state index in [1.54, 1.807) is 0 Å². The second-order valence-corrected chi connectivity index (χ2v) is 4.11. The van der Waals surface area contributed by atoms with Crippen molar-refractivity contribution in [2.45, 2.75) is 6.92 Å². The predicted octanol–water partition coefficient (Wildman–Crippen LogP) is -0.299. The molecule has 2 unspecified atom stereocenters. The lowest BCUT2D eigenvalue weighted by molar-refractivity contribution is -0.135. The third-order valence-corrected chi connectivity index (χ3v) is 3.17. The Balaban J connectivity index is 1.80. The summed E-state index contributed by atoms with van der Waals surface area (Å²) in [5.41, 5.74) is 0. The van der Waals surface area contributed by atoms with Gasteiger partial charge in [-0.15, -0.1) is 0 Å². The molecular formula is C10H18N2O2. The molecule has 0 aromatic heterocycles. The molecule has 1 amide bonds. The number of carbonyl (C=O) groups is 1. The number of rotatable bonds is 3. The van der Waals surface area contributed by atoms with Gasteiger partial charge < -0.3 is 15.0 Å². The Morgan fingerprint density at radius 1 is 1.43 bits per heavy atom. The summed E-state index contributed by atoms with van der Waals surface area (Å²) < 4.78 is 5.12. The van der Waals surface area contributed by atoms with E-state index in [-0.39, 0.29) is 12.5 Å². The Morgan fingerprint density at radius 2 is 2.07 bits per heavy atom. The van der Waals surface area contributed by atoms with E-state index >= 15 is 0 Å². The van der Waals surface area contributed by atoms with E-state index in [9.17, 15) is 4.79 Å². The Morgan fingerprint density at radius 3 is 2.64 bits per heavy atom. The fourth-order valence-corrected chi connectivity index (χ4v) is 2.34. The highest BCUT2D eigenvalue weighted by atomic mass is 16.5. The van der Waals surface area contributed by atoms with Crippen molar-refractivity contribution < 1.29 is 9.53 Å². The molecule has 2 atom stereocenters. The van der Waals surface area contributed by atoms with Crippen LogP contribution in [0.25, 0.3) is 0 Å².